The third-order valence-corrected chi connectivity index (χ3v) is 2.31. The standard InChI is InChI=1S/C12H17FO/c1-8-6-9(12(2,3)4)7-10(14-5)11(8)13/h6-7H,1-5H3. The molecule has 0 saturated carbocycles. The van der Waals surface area contributed by atoms with E-state index in [2.05, 4.69) is 20.8 Å². The first-order valence-corrected chi connectivity index (χ1v) is 4.71. The fourth-order valence-corrected chi connectivity index (χ4v) is 1.32. The summed E-state index contributed by atoms with van der Waals surface area (Å²) in [4.78, 5) is 0. The number of benzene rings is 1. The van der Waals surface area contributed by atoms with E-state index in [1.807, 2.05) is 6.07 Å². The van der Waals surface area contributed by atoms with Gasteiger partial charge in [0.05, 0.1) is 7.11 Å². The largest absolute Gasteiger partial charge is 0.494 e. The van der Waals surface area contributed by atoms with E-state index in [0.717, 1.165) is 5.56 Å². The van der Waals surface area contributed by atoms with Crippen LogP contribution in [-0.4, -0.2) is 7.11 Å². The number of hydrogen-bond acceptors (Lipinski definition) is 1. The molecule has 1 aromatic rings. The van der Waals surface area contributed by atoms with Crippen LogP contribution in [0.4, 0.5) is 4.39 Å². The maximum Gasteiger partial charge on any atom is 0.167 e. The first kappa shape index (κ1) is 11.0. The summed E-state index contributed by atoms with van der Waals surface area (Å²) in [6.07, 6.45) is 0. The second kappa shape index (κ2) is 3.60. The Labute approximate surface area is 84.9 Å². The van der Waals surface area contributed by atoms with Crippen molar-refractivity contribution in [2.75, 3.05) is 7.11 Å². The van der Waals surface area contributed by atoms with Crippen LogP contribution in [0.25, 0.3) is 0 Å². The highest BCUT2D eigenvalue weighted by Crippen LogP contribution is 2.29. The Hall–Kier alpha value is -1.05. The summed E-state index contributed by atoms with van der Waals surface area (Å²) in [5.74, 6) is 0.0652. The van der Waals surface area contributed by atoms with E-state index >= 15 is 0 Å². The number of halogens is 1. The lowest BCUT2D eigenvalue weighted by atomic mass is 9.86. The molecule has 0 heterocycles. The van der Waals surface area contributed by atoms with Crippen LogP contribution >= 0.6 is 0 Å². The molecule has 2 heteroatoms. The van der Waals surface area contributed by atoms with Gasteiger partial charge in [-0.05, 0) is 29.5 Å². The molecule has 0 atom stereocenters. The van der Waals surface area contributed by atoms with E-state index in [9.17, 15) is 4.39 Å². The third-order valence-electron chi connectivity index (χ3n) is 2.31. The van der Waals surface area contributed by atoms with E-state index in [0.29, 0.717) is 11.3 Å². The summed E-state index contributed by atoms with van der Waals surface area (Å²) in [5.41, 5.74) is 1.74. The summed E-state index contributed by atoms with van der Waals surface area (Å²) >= 11 is 0. The van der Waals surface area contributed by atoms with Crippen molar-refractivity contribution in [3.8, 4) is 5.75 Å². The highest BCUT2D eigenvalue weighted by Gasteiger charge is 2.17. The predicted octanol–water partition coefficient (Wildman–Crippen LogP) is 3.44. The lowest BCUT2D eigenvalue weighted by molar-refractivity contribution is 0.383. The van der Waals surface area contributed by atoms with Gasteiger partial charge in [-0.25, -0.2) is 4.39 Å². The second-order valence-corrected chi connectivity index (χ2v) is 4.56. The van der Waals surface area contributed by atoms with Crippen molar-refractivity contribution in [3.63, 3.8) is 0 Å². The Balaban J connectivity index is 3.30. The Kier molecular flexibility index (Phi) is 2.84. The van der Waals surface area contributed by atoms with Crippen molar-refractivity contribution in [1.29, 1.82) is 0 Å². The van der Waals surface area contributed by atoms with E-state index in [1.165, 1.54) is 7.11 Å². The molecule has 78 valence electrons. The molecule has 0 amide bonds. The van der Waals surface area contributed by atoms with E-state index in [-0.39, 0.29) is 11.2 Å². The third kappa shape index (κ3) is 2.06. The van der Waals surface area contributed by atoms with Crippen molar-refractivity contribution in [3.05, 3.63) is 29.1 Å². The number of hydrogen-bond donors (Lipinski definition) is 0. The topological polar surface area (TPSA) is 9.23 Å². The smallest absolute Gasteiger partial charge is 0.167 e. The van der Waals surface area contributed by atoms with Gasteiger partial charge in [-0.15, -0.1) is 0 Å². The second-order valence-electron chi connectivity index (χ2n) is 4.56. The summed E-state index contributed by atoms with van der Waals surface area (Å²) < 4.78 is 18.4. The summed E-state index contributed by atoms with van der Waals surface area (Å²) in [6.45, 7) is 8.05. The van der Waals surface area contributed by atoms with E-state index in [4.69, 9.17) is 4.74 Å². The summed E-state index contributed by atoms with van der Waals surface area (Å²) in [5, 5.41) is 0. The summed E-state index contributed by atoms with van der Waals surface area (Å²) in [7, 11) is 1.49. The number of rotatable bonds is 1. The van der Waals surface area contributed by atoms with Crippen molar-refractivity contribution in [1.82, 2.24) is 0 Å². The normalized spacial score (nSPS) is 11.6. The Bertz CT molecular complexity index is 337. The quantitative estimate of drug-likeness (QED) is 0.668. The maximum atomic E-state index is 13.4. The number of methoxy groups -OCH3 is 1. The Morgan fingerprint density at radius 3 is 2.21 bits per heavy atom. The Morgan fingerprint density at radius 2 is 1.79 bits per heavy atom. The van der Waals surface area contributed by atoms with Crippen LogP contribution in [0.2, 0.25) is 0 Å². The highest BCUT2D eigenvalue weighted by atomic mass is 19.1. The number of aryl methyl sites for hydroxylation is 1. The van der Waals surface area contributed by atoms with Crippen LogP contribution < -0.4 is 4.74 Å². The molecular formula is C12H17FO. The van der Waals surface area contributed by atoms with Crippen LogP contribution in [0.15, 0.2) is 12.1 Å². The van der Waals surface area contributed by atoms with Gasteiger partial charge in [-0.3, -0.25) is 0 Å². The SMILES string of the molecule is COc1cc(C(C)(C)C)cc(C)c1F. The van der Waals surface area contributed by atoms with Gasteiger partial charge in [0.2, 0.25) is 0 Å². The average Bonchev–Trinajstić information content (AvgIpc) is 2.07. The molecule has 0 unspecified atom stereocenters. The van der Waals surface area contributed by atoms with Crippen LogP contribution in [0.3, 0.4) is 0 Å². The predicted molar refractivity (Wildman–Crippen MR) is 56.4 cm³/mol. The van der Waals surface area contributed by atoms with Crippen LogP contribution in [-0.2, 0) is 5.41 Å². The molecule has 0 fully saturated rings. The minimum absolute atomic E-state index is 0.0196. The molecule has 0 radical (unpaired) electrons. The minimum atomic E-state index is -0.263. The molecule has 0 aliphatic carbocycles. The lowest BCUT2D eigenvalue weighted by Crippen LogP contribution is -2.12. The zero-order valence-corrected chi connectivity index (χ0v) is 9.44. The Morgan fingerprint density at radius 1 is 1.21 bits per heavy atom. The molecule has 0 aliphatic heterocycles. The highest BCUT2D eigenvalue weighted by molar-refractivity contribution is 5.38. The first-order valence-electron chi connectivity index (χ1n) is 4.71. The molecule has 0 spiro atoms. The van der Waals surface area contributed by atoms with E-state index in [1.54, 1.807) is 13.0 Å². The van der Waals surface area contributed by atoms with Crippen molar-refractivity contribution in [2.45, 2.75) is 33.1 Å². The first-order chi connectivity index (χ1) is 6.36. The van der Waals surface area contributed by atoms with Gasteiger partial charge in [0.1, 0.15) is 0 Å². The van der Waals surface area contributed by atoms with Crippen molar-refractivity contribution < 1.29 is 9.13 Å². The molecule has 0 N–H and O–H groups in total. The van der Waals surface area contributed by atoms with Gasteiger partial charge >= 0.3 is 0 Å². The van der Waals surface area contributed by atoms with Crippen LogP contribution in [0.1, 0.15) is 31.9 Å². The van der Waals surface area contributed by atoms with E-state index < -0.39 is 0 Å². The number of ether oxygens (including phenoxy) is 1. The van der Waals surface area contributed by atoms with Crippen molar-refractivity contribution in [2.24, 2.45) is 0 Å². The molecule has 0 saturated heterocycles. The van der Waals surface area contributed by atoms with Gasteiger partial charge in [0.15, 0.2) is 11.6 Å². The van der Waals surface area contributed by atoms with Crippen LogP contribution in [0.5, 0.6) is 5.75 Å². The molecular weight excluding hydrogens is 179 g/mol. The van der Waals surface area contributed by atoms with Gasteiger partial charge in [-0.2, -0.15) is 0 Å². The molecule has 14 heavy (non-hydrogen) atoms. The fourth-order valence-electron chi connectivity index (χ4n) is 1.32. The maximum absolute atomic E-state index is 13.4. The van der Waals surface area contributed by atoms with Crippen LogP contribution in [0, 0.1) is 12.7 Å². The fraction of sp³-hybridized carbons (Fsp3) is 0.500. The monoisotopic (exact) mass is 196 g/mol. The molecule has 1 nitrogen and oxygen atoms in total. The van der Waals surface area contributed by atoms with Gasteiger partial charge in [0, 0.05) is 0 Å². The molecule has 0 aromatic heterocycles. The van der Waals surface area contributed by atoms with Gasteiger partial charge in [0.25, 0.3) is 0 Å². The molecule has 1 aromatic carbocycles. The van der Waals surface area contributed by atoms with Crippen molar-refractivity contribution >= 4 is 0 Å². The van der Waals surface area contributed by atoms with Gasteiger partial charge in [-0.1, -0.05) is 26.8 Å². The minimum Gasteiger partial charge on any atom is -0.494 e. The average molecular weight is 196 g/mol. The zero-order valence-electron chi connectivity index (χ0n) is 9.44. The van der Waals surface area contributed by atoms with Gasteiger partial charge < -0.3 is 4.74 Å². The lowest BCUT2D eigenvalue weighted by Gasteiger charge is -2.20. The zero-order chi connectivity index (χ0) is 10.9. The molecule has 1 rings (SSSR count). The molecule has 0 bridgehead atoms. The molecule has 0 aliphatic rings. The summed E-state index contributed by atoms with van der Waals surface area (Å²) in [6, 6.07) is 3.64.